The van der Waals surface area contributed by atoms with Crippen molar-refractivity contribution in [3.63, 3.8) is 0 Å². The molecule has 3 N–H and O–H groups in total. The van der Waals surface area contributed by atoms with Gasteiger partial charge in [-0.2, -0.15) is 13.2 Å². The number of amides is 3. The van der Waals surface area contributed by atoms with Crippen LogP contribution >= 0.6 is 69.1 Å². The fourth-order valence-corrected chi connectivity index (χ4v) is 9.77. The number of nitrogens with one attached hydrogen (secondary N) is 1. The van der Waals surface area contributed by atoms with Crippen LogP contribution < -0.4 is 22.2 Å². The Kier molecular flexibility index (Phi) is 15.3. The van der Waals surface area contributed by atoms with Crippen molar-refractivity contribution in [1.82, 2.24) is 24.3 Å². The molecule has 0 saturated carbocycles. The number of alkyl halides is 3. The van der Waals surface area contributed by atoms with Gasteiger partial charge in [0, 0.05) is 75.4 Å². The Balaban J connectivity index is 0.000000201. The largest absolute Gasteiger partial charge is 0.446 e. The number of rotatable bonds is 7. The molecule has 3 amide bonds. The third-order valence-electron chi connectivity index (χ3n) is 10.3. The highest BCUT2D eigenvalue weighted by atomic mass is 35.5. The zero-order valence-electron chi connectivity index (χ0n) is 36.4. The molecule has 2 aliphatic rings. The minimum atomic E-state index is -4.64. The zero-order valence-corrected chi connectivity index (χ0v) is 41.1. The summed E-state index contributed by atoms with van der Waals surface area (Å²) >= 11 is 27.3. The van der Waals surface area contributed by atoms with E-state index in [4.69, 9.17) is 61.7 Å². The van der Waals surface area contributed by atoms with Gasteiger partial charge >= 0.3 is 12.3 Å². The number of aromatic nitrogens is 2. The number of hydrogen-bond acceptors (Lipinski definition) is 10. The summed E-state index contributed by atoms with van der Waals surface area (Å²) < 4.78 is 41.1. The van der Waals surface area contributed by atoms with Crippen LogP contribution in [0.25, 0.3) is 42.4 Å². The van der Waals surface area contributed by atoms with Gasteiger partial charge in [0.1, 0.15) is 18.7 Å². The quantitative estimate of drug-likeness (QED) is 0.149. The second kappa shape index (κ2) is 19.9. The van der Waals surface area contributed by atoms with E-state index in [1.54, 1.807) is 67.2 Å². The number of likely N-dealkylation sites (tertiary alicyclic amines) is 2. The summed E-state index contributed by atoms with van der Waals surface area (Å²) in [6, 6.07) is 14.2. The van der Waals surface area contributed by atoms with Crippen molar-refractivity contribution in [2.24, 2.45) is 5.73 Å². The molecule has 0 aliphatic carbocycles. The van der Waals surface area contributed by atoms with Crippen molar-refractivity contribution in [3.05, 3.63) is 112 Å². The number of pyridine rings is 2. The van der Waals surface area contributed by atoms with Crippen LogP contribution in [-0.4, -0.2) is 92.2 Å². The number of benzene rings is 2. The van der Waals surface area contributed by atoms with E-state index in [0.717, 1.165) is 31.7 Å². The van der Waals surface area contributed by atoms with Crippen LogP contribution in [0, 0.1) is 0 Å². The maximum Gasteiger partial charge on any atom is 0.446 e. The first-order valence-corrected chi connectivity index (χ1v) is 23.4. The summed E-state index contributed by atoms with van der Waals surface area (Å²) in [5.74, 6) is -0.304. The van der Waals surface area contributed by atoms with Crippen LogP contribution in [-0.2, 0) is 32.2 Å². The van der Waals surface area contributed by atoms with Crippen molar-refractivity contribution < 1.29 is 37.1 Å². The van der Waals surface area contributed by atoms with Crippen LogP contribution in [0.3, 0.4) is 0 Å². The predicted octanol–water partition coefficient (Wildman–Crippen LogP) is 9.51. The van der Waals surface area contributed by atoms with Gasteiger partial charge in [0.25, 0.3) is 11.1 Å². The Morgan fingerprint density at radius 1 is 0.731 bits per heavy atom. The van der Waals surface area contributed by atoms with Gasteiger partial charge in [-0.1, -0.05) is 58.5 Å². The number of fused-ring (bicyclic) bond motifs is 2. The fourth-order valence-electron chi connectivity index (χ4n) is 7.27. The number of nitrogens with two attached hydrogens (primary N) is 1. The Morgan fingerprint density at radius 2 is 1.13 bits per heavy atom. The molecule has 4 aromatic heterocycles. The molecule has 0 atom stereocenters. The van der Waals surface area contributed by atoms with Crippen molar-refractivity contribution >= 4 is 113 Å². The average molecular weight is 1040 g/mol. The Morgan fingerprint density at radius 3 is 1.49 bits per heavy atom. The van der Waals surface area contributed by atoms with E-state index in [0.29, 0.717) is 57.0 Å². The number of alkyl carbamates (subject to hydrolysis) is 1. The highest BCUT2D eigenvalue weighted by molar-refractivity contribution is 7.18. The number of hydrogen-bond donors (Lipinski definition) is 2. The molecule has 6 aromatic rings. The van der Waals surface area contributed by atoms with Gasteiger partial charge < -0.3 is 34.7 Å². The lowest BCUT2D eigenvalue weighted by Crippen LogP contribution is -2.70. The smallest absolute Gasteiger partial charge is 0.444 e. The molecule has 22 heteroatoms. The highest BCUT2D eigenvalue weighted by Crippen LogP contribution is 2.37. The van der Waals surface area contributed by atoms with Crippen LogP contribution in [0.4, 0.5) is 18.0 Å². The molecule has 0 bridgehead atoms. The van der Waals surface area contributed by atoms with E-state index in [-0.39, 0.29) is 41.6 Å². The molecular formula is C45H43Cl4F3N6O7S2. The third-order valence-corrected chi connectivity index (χ3v) is 13.7. The molecular weight excluding hydrogens is 999 g/mol. The van der Waals surface area contributed by atoms with E-state index < -0.39 is 29.7 Å². The van der Waals surface area contributed by atoms with Gasteiger partial charge in [-0.3, -0.25) is 24.0 Å². The molecule has 13 nitrogen and oxygen atoms in total. The van der Waals surface area contributed by atoms with E-state index in [2.05, 4.69) is 5.32 Å². The first kappa shape index (κ1) is 51.4. The van der Waals surface area contributed by atoms with Crippen molar-refractivity contribution in [3.8, 4) is 22.3 Å². The second-order valence-corrected chi connectivity index (χ2v) is 21.0. The number of thiophene rings is 2. The van der Waals surface area contributed by atoms with Gasteiger partial charge in [0.05, 0.1) is 36.4 Å². The average Bonchev–Trinajstić information content (AvgIpc) is 3.85. The topological polar surface area (TPSA) is 166 Å². The molecule has 67 heavy (non-hydrogen) atoms. The highest BCUT2D eigenvalue weighted by Gasteiger charge is 2.43. The number of aldehydes is 1. The minimum Gasteiger partial charge on any atom is -0.444 e. The molecule has 356 valence electrons. The van der Waals surface area contributed by atoms with Gasteiger partial charge in [0.2, 0.25) is 18.1 Å². The van der Waals surface area contributed by atoms with Gasteiger partial charge in [0.15, 0.2) is 0 Å². The SMILES string of the molecule is CC1(N)CN(C(=O)Cn2ccc3scc(-c4ccc(Cl)c(Cl)c4)c3c2=O)C1.CC1(NC(=O)OC(C)(C)C)CN(C(=O)Cn2ccc3scc(-c4ccc(Cl)c(Cl)c4)c3c2=O)C1.O=CC(F)(F)F. The zero-order chi connectivity index (χ0) is 49.4. The maximum atomic E-state index is 13.3. The Bertz CT molecular complexity index is 3000. The van der Waals surface area contributed by atoms with Crippen LogP contribution in [0.5, 0.6) is 0 Å². The van der Waals surface area contributed by atoms with Crippen molar-refractivity contribution in [2.75, 3.05) is 26.2 Å². The molecule has 2 fully saturated rings. The third kappa shape index (κ3) is 12.6. The molecule has 0 unspecified atom stereocenters. The molecule has 2 aliphatic heterocycles. The predicted molar refractivity (Wildman–Crippen MR) is 259 cm³/mol. The number of carbonyl (C=O) groups excluding carboxylic acids is 4. The van der Waals surface area contributed by atoms with Crippen molar-refractivity contribution in [1.29, 1.82) is 0 Å². The number of ether oxygens (including phenoxy) is 1. The Hall–Kier alpha value is -4.95. The summed E-state index contributed by atoms with van der Waals surface area (Å²) in [6.45, 7) is 10.8. The van der Waals surface area contributed by atoms with Crippen LogP contribution in [0.1, 0.15) is 34.6 Å². The van der Waals surface area contributed by atoms with Crippen LogP contribution in [0.15, 0.2) is 81.3 Å². The first-order chi connectivity index (χ1) is 31.2. The number of carbonyl (C=O) groups is 4. The maximum absolute atomic E-state index is 13.3. The summed E-state index contributed by atoms with van der Waals surface area (Å²) in [4.78, 5) is 75.6. The lowest BCUT2D eigenvalue weighted by atomic mass is 9.92. The molecule has 0 spiro atoms. The molecule has 8 rings (SSSR count). The molecule has 2 saturated heterocycles. The van der Waals surface area contributed by atoms with Crippen molar-refractivity contribution in [2.45, 2.75) is 70.6 Å². The minimum absolute atomic E-state index is 0.00150. The summed E-state index contributed by atoms with van der Waals surface area (Å²) in [6.07, 6.45) is -2.92. The lowest BCUT2D eigenvalue weighted by molar-refractivity contribution is -0.156. The normalized spacial score (nSPS) is 15.1. The number of nitrogens with zero attached hydrogens (tertiary/aromatic N) is 4. The summed E-state index contributed by atoms with van der Waals surface area (Å²) in [5, 5.41) is 9.52. The fraction of sp³-hybridized carbons (Fsp3) is 0.333. The summed E-state index contributed by atoms with van der Waals surface area (Å²) in [7, 11) is 0. The Labute approximate surface area is 409 Å². The molecule has 2 aromatic carbocycles. The standard InChI is InChI=1S/C24H25Cl2N3O4S.C19H17Cl2N3O2S.C2HF3O/c1-23(2,3)33-22(32)27-24(4)12-29(13-24)19(30)10-28-8-7-18-20(21(28)31)15(11-34-18)14-5-6-16(25)17(26)9-14;1-19(22)9-24(10-19)16(25)7-23-5-4-15-17(18(23)26)12(8-27-15)11-2-3-13(20)14(21)6-11;3-2(4,5)1-6/h5-9,11H,10,12-13H2,1-4H3,(H,27,32);2-6,8H,7,9-10,22H2,1H3;1H. The monoisotopic (exact) mass is 1040 g/mol. The van der Waals surface area contributed by atoms with E-state index >= 15 is 0 Å². The van der Waals surface area contributed by atoms with E-state index in [1.807, 2.05) is 48.9 Å². The van der Waals surface area contributed by atoms with Crippen LogP contribution in [0.2, 0.25) is 20.1 Å². The van der Waals surface area contributed by atoms with Gasteiger partial charge in [-0.15, -0.1) is 22.7 Å². The number of halogens is 7. The van der Waals surface area contributed by atoms with E-state index in [1.165, 1.54) is 31.8 Å². The van der Waals surface area contributed by atoms with E-state index in [9.17, 15) is 37.1 Å². The van der Waals surface area contributed by atoms with Gasteiger partial charge in [-0.25, -0.2) is 4.79 Å². The van der Waals surface area contributed by atoms with Gasteiger partial charge in [-0.05, 0) is 82.1 Å². The molecule has 6 heterocycles. The molecule has 0 radical (unpaired) electrons. The second-order valence-electron chi connectivity index (χ2n) is 17.5. The summed E-state index contributed by atoms with van der Waals surface area (Å²) in [5.41, 5.74) is 7.16. The first-order valence-electron chi connectivity index (χ1n) is 20.2. The lowest BCUT2D eigenvalue weighted by Gasteiger charge is -2.48.